The van der Waals surface area contributed by atoms with Gasteiger partial charge in [0.15, 0.2) is 0 Å². The van der Waals surface area contributed by atoms with Gasteiger partial charge in [-0.05, 0) is 23.6 Å². The Morgan fingerprint density at radius 1 is 1.09 bits per heavy atom. The average Bonchev–Trinajstić information content (AvgIpc) is 2.99. The summed E-state index contributed by atoms with van der Waals surface area (Å²) in [6.07, 6.45) is 2.38. The lowest BCUT2D eigenvalue weighted by Crippen LogP contribution is -2.28. The molecule has 0 aliphatic rings. The number of hydrogen-bond donors (Lipinski definition) is 1. The summed E-state index contributed by atoms with van der Waals surface area (Å²) in [6.45, 7) is 1.36. The third kappa shape index (κ3) is 3.54. The van der Waals surface area contributed by atoms with Gasteiger partial charge in [0.1, 0.15) is 5.75 Å². The van der Waals surface area contributed by atoms with E-state index in [1.165, 1.54) is 10.9 Å². The third-order valence-corrected chi connectivity index (χ3v) is 3.90. The maximum absolute atomic E-state index is 12.1. The zero-order valence-electron chi connectivity index (χ0n) is 13.2. The SMILES string of the molecule is COc1ccccc1CC(=O)NCCn1ccc2ccccc21. The number of carbonyl (C=O) groups is 1. The van der Waals surface area contributed by atoms with E-state index in [2.05, 4.69) is 34.3 Å². The number of hydrogen-bond acceptors (Lipinski definition) is 2. The number of amides is 1. The summed E-state index contributed by atoms with van der Waals surface area (Å²) in [5, 5.41) is 4.19. The van der Waals surface area contributed by atoms with Crippen LogP contribution in [0.3, 0.4) is 0 Å². The molecule has 0 saturated heterocycles. The fourth-order valence-corrected chi connectivity index (χ4v) is 2.74. The quantitative estimate of drug-likeness (QED) is 0.760. The molecule has 0 spiro atoms. The van der Waals surface area contributed by atoms with Crippen LogP contribution in [0.5, 0.6) is 5.75 Å². The summed E-state index contributed by atoms with van der Waals surface area (Å²) >= 11 is 0. The summed E-state index contributed by atoms with van der Waals surface area (Å²) in [6, 6.07) is 17.9. The molecule has 4 nitrogen and oxygen atoms in total. The van der Waals surface area contributed by atoms with Gasteiger partial charge in [-0.25, -0.2) is 0 Å². The van der Waals surface area contributed by atoms with Crippen molar-refractivity contribution in [2.75, 3.05) is 13.7 Å². The Hall–Kier alpha value is -2.75. The van der Waals surface area contributed by atoms with Crippen LogP contribution in [0, 0.1) is 0 Å². The van der Waals surface area contributed by atoms with Crippen molar-refractivity contribution in [3.05, 3.63) is 66.4 Å². The van der Waals surface area contributed by atoms with E-state index in [0.29, 0.717) is 13.0 Å². The zero-order valence-corrected chi connectivity index (χ0v) is 13.2. The summed E-state index contributed by atoms with van der Waals surface area (Å²) in [5.41, 5.74) is 2.09. The standard InChI is InChI=1S/C19H20N2O2/c1-23-18-9-5-3-7-16(18)14-19(22)20-11-13-21-12-10-15-6-2-4-8-17(15)21/h2-10,12H,11,13-14H2,1H3,(H,20,22). The molecule has 1 aromatic heterocycles. The van der Waals surface area contributed by atoms with Gasteiger partial charge in [0.2, 0.25) is 5.91 Å². The molecule has 0 saturated carbocycles. The first-order valence-corrected chi connectivity index (χ1v) is 7.70. The lowest BCUT2D eigenvalue weighted by molar-refractivity contribution is -0.120. The van der Waals surface area contributed by atoms with Gasteiger partial charge >= 0.3 is 0 Å². The van der Waals surface area contributed by atoms with E-state index < -0.39 is 0 Å². The highest BCUT2D eigenvalue weighted by Gasteiger charge is 2.08. The molecule has 1 amide bonds. The van der Waals surface area contributed by atoms with Crippen LogP contribution in [-0.2, 0) is 17.8 Å². The van der Waals surface area contributed by atoms with Crippen molar-refractivity contribution in [3.63, 3.8) is 0 Å². The smallest absolute Gasteiger partial charge is 0.224 e. The van der Waals surface area contributed by atoms with Gasteiger partial charge in [0.05, 0.1) is 13.5 Å². The first kappa shape index (κ1) is 15.2. The summed E-state index contributed by atoms with van der Waals surface area (Å²) in [5.74, 6) is 0.755. The van der Waals surface area contributed by atoms with Crippen LogP contribution in [0.2, 0.25) is 0 Å². The third-order valence-electron chi connectivity index (χ3n) is 3.90. The monoisotopic (exact) mass is 308 g/mol. The van der Waals surface area contributed by atoms with Gasteiger partial charge in [0, 0.05) is 30.4 Å². The Labute approximate surface area is 135 Å². The zero-order chi connectivity index (χ0) is 16.1. The molecule has 0 bridgehead atoms. The number of para-hydroxylation sites is 2. The highest BCUT2D eigenvalue weighted by molar-refractivity contribution is 5.80. The molecule has 0 fully saturated rings. The van der Waals surface area contributed by atoms with Crippen molar-refractivity contribution in [2.24, 2.45) is 0 Å². The van der Waals surface area contributed by atoms with Gasteiger partial charge in [-0.15, -0.1) is 0 Å². The van der Waals surface area contributed by atoms with Gasteiger partial charge in [0.25, 0.3) is 0 Å². The van der Waals surface area contributed by atoms with Crippen molar-refractivity contribution in [2.45, 2.75) is 13.0 Å². The van der Waals surface area contributed by atoms with E-state index in [0.717, 1.165) is 17.9 Å². The minimum Gasteiger partial charge on any atom is -0.496 e. The van der Waals surface area contributed by atoms with Crippen molar-refractivity contribution in [1.82, 2.24) is 9.88 Å². The Kier molecular flexibility index (Phi) is 4.62. The van der Waals surface area contributed by atoms with E-state index in [1.807, 2.05) is 36.4 Å². The molecule has 1 N–H and O–H groups in total. The van der Waals surface area contributed by atoms with Crippen LogP contribution < -0.4 is 10.1 Å². The minimum absolute atomic E-state index is 0.00552. The molecular weight excluding hydrogens is 288 g/mol. The van der Waals surface area contributed by atoms with Crippen molar-refractivity contribution in [3.8, 4) is 5.75 Å². The second kappa shape index (κ2) is 7.01. The molecule has 3 aromatic rings. The van der Waals surface area contributed by atoms with Crippen molar-refractivity contribution < 1.29 is 9.53 Å². The molecule has 1 heterocycles. The number of nitrogens with zero attached hydrogens (tertiary/aromatic N) is 1. The number of fused-ring (bicyclic) bond motifs is 1. The Balaban J connectivity index is 1.55. The number of rotatable bonds is 6. The predicted molar refractivity (Wildman–Crippen MR) is 91.6 cm³/mol. The molecule has 4 heteroatoms. The number of carbonyl (C=O) groups excluding carboxylic acids is 1. The lowest BCUT2D eigenvalue weighted by Gasteiger charge is -2.10. The molecular formula is C19H20N2O2. The molecule has 23 heavy (non-hydrogen) atoms. The molecule has 0 aliphatic heterocycles. The molecule has 0 atom stereocenters. The van der Waals surface area contributed by atoms with E-state index in [4.69, 9.17) is 4.74 Å². The molecule has 0 aliphatic carbocycles. The topological polar surface area (TPSA) is 43.3 Å². The molecule has 2 aromatic carbocycles. The molecule has 0 unspecified atom stereocenters. The first-order valence-electron chi connectivity index (χ1n) is 7.70. The second-order valence-electron chi connectivity index (χ2n) is 5.41. The van der Waals surface area contributed by atoms with Gasteiger partial charge in [-0.1, -0.05) is 36.4 Å². The fraction of sp³-hybridized carbons (Fsp3) is 0.211. The normalized spacial score (nSPS) is 10.7. The largest absolute Gasteiger partial charge is 0.496 e. The molecule has 3 rings (SSSR count). The van der Waals surface area contributed by atoms with E-state index in [9.17, 15) is 4.79 Å². The van der Waals surface area contributed by atoms with E-state index in [-0.39, 0.29) is 5.91 Å². The number of nitrogens with one attached hydrogen (secondary N) is 1. The van der Waals surface area contributed by atoms with Crippen LogP contribution in [0.1, 0.15) is 5.56 Å². The van der Waals surface area contributed by atoms with E-state index >= 15 is 0 Å². The number of aromatic nitrogens is 1. The van der Waals surface area contributed by atoms with Gasteiger partial charge in [-0.3, -0.25) is 4.79 Å². The Bertz CT molecular complexity index is 808. The highest BCUT2D eigenvalue weighted by atomic mass is 16.5. The summed E-state index contributed by atoms with van der Waals surface area (Å²) < 4.78 is 7.43. The number of benzene rings is 2. The maximum atomic E-state index is 12.1. The fourth-order valence-electron chi connectivity index (χ4n) is 2.74. The average molecular weight is 308 g/mol. The highest BCUT2D eigenvalue weighted by Crippen LogP contribution is 2.17. The number of ether oxygens (including phenoxy) is 1. The van der Waals surface area contributed by atoms with Crippen LogP contribution in [-0.4, -0.2) is 24.1 Å². The molecule has 118 valence electrons. The van der Waals surface area contributed by atoms with Crippen molar-refractivity contribution in [1.29, 1.82) is 0 Å². The lowest BCUT2D eigenvalue weighted by atomic mass is 10.1. The molecule has 0 radical (unpaired) electrons. The summed E-state index contributed by atoms with van der Waals surface area (Å²) in [7, 11) is 1.62. The maximum Gasteiger partial charge on any atom is 0.224 e. The second-order valence-corrected chi connectivity index (χ2v) is 5.41. The minimum atomic E-state index is 0.00552. The van der Waals surface area contributed by atoms with Crippen molar-refractivity contribution >= 4 is 16.8 Å². The van der Waals surface area contributed by atoms with Gasteiger partial charge in [-0.2, -0.15) is 0 Å². The Morgan fingerprint density at radius 3 is 2.74 bits per heavy atom. The predicted octanol–water partition coefficient (Wildman–Crippen LogP) is 3.01. The van der Waals surface area contributed by atoms with Crippen LogP contribution in [0.25, 0.3) is 10.9 Å². The number of methoxy groups -OCH3 is 1. The van der Waals surface area contributed by atoms with E-state index in [1.54, 1.807) is 7.11 Å². The summed E-state index contributed by atoms with van der Waals surface area (Å²) in [4.78, 5) is 12.1. The van der Waals surface area contributed by atoms with Crippen LogP contribution >= 0.6 is 0 Å². The first-order chi connectivity index (χ1) is 11.3. The van der Waals surface area contributed by atoms with Crippen LogP contribution in [0.4, 0.5) is 0 Å². The van der Waals surface area contributed by atoms with Crippen LogP contribution in [0.15, 0.2) is 60.8 Å². The Morgan fingerprint density at radius 2 is 1.87 bits per heavy atom. The van der Waals surface area contributed by atoms with Gasteiger partial charge < -0.3 is 14.6 Å².